The van der Waals surface area contributed by atoms with E-state index in [9.17, 15) is 21.6 Å². The standard InChI is InChI=1S/C21H26F3N7O2S/c1-34(32,33)30-8-6-16(7-9-30)28-20-26-12-18(21(22,23)24)19(29-20)15-11-27-31(13-15)17-4-2-14(10-25)3-5-17/h11-14,16-17H,2-9H2,1H3,(H,26,28,29). The maximum absolute atomic E-state index is 13.7. The Morgan fingerprint density at radius 2 is 1.79 bits per heavy atom. The van der Waals surface area contributed by atoms with Crippen molar-refractivity contribution in [1.82, 2.24) is 24.1 Å². The zero-order valence-electron chi connectivity index (χ0n) is 18.7. The van der Waals surface area contributed by atoms with E-state index in [2.05, 4.69) is 26.5 Å². The fraction of sp³-hybridized carbons (Fsp3) is 0.619. The maximum Gasteiger partial charge on any atom is 0.419 e. The summed E-state index contributed by atoms with van der Waals surface area (Å²) in [5.41, 5.74) is -0.958. The average Bonchev–Trinajstić information content (AvgIpc) is 3.28. The summed E-state index contributed by atoms with van der Waals surface area (Å²) in [6.45, 7) is 0.648. The fourth-order valence-corrected chi connectivity index (χ4v) is 5.40. The van der Waals surface area contributed by atoms with Gasteiger partial charge in [-0.05, 0) is 38.5 Å². The van der Waals surface area contributed by atoms with Crippen molar-refractivity contribution in [2.24, 2.45) is 5.92 Å². The minimum absolute atomic E-state index is 0.0166. The van der Waals surface area contributed by atoms with E-state index in [1.807, 2.05) is 0 Å². The second-order valence-electron chi connectivity index (χ2n) is 8.88. The molecule has 1 saturated heterocycles. The Labute approximate surface area is 196 Å². The van der Waals surface area contributed by atoms with Crippen LogP contribution in [0.1, 0.15) is 50.1 Å². The molecule has 1 aliphatic carbocycles. The van der Waals surface area contributed by atoms with E-state index in [1.54, 1.807) is 10.9 Å². The van der Waals surface area contributed by atoms with Crippen LogP contribution in [0.4, 0.5) is 19.1 Å². The van der Waals surface area contributed by atoms with Gasteiger partial charge in [-0.3, -0.25) is 4.68 Å². The Morgan fingerprint density at radius 3 is 2.38 bits per heavy atom. The van der Waals surface area contributed by atoms with Crippen molar-refractivity contribution in [2.45, 2.75) is 56.8 Å². The van der Waals surface area contributed by atoms with Gasteiger partial charge in [-0.15, -0.1) is 0 Å². The number of nitrogens with zero attached hydrogens (tertiary/aromatic N) is 6. The quantitative estimate of drug-likeness (QED) is 0.672. The molecule has 4 rings (SSSR count). The van der Waals surface area contributed by atoms with Crippen molar-refractivity contribution in [3.8, 4) is 17.3 Å². The number of aromatic nitrogens is 4. The Balaban J connectivity index is 1.53. The van der Waals surface area contributed by atoms with Gasteiger partial charge < -0.3 is 5.32 Å². The van der Waals surface area contributed by atoms with Crippen molar-refractivity contribution in [2.75, 3.05) is 24.7 Å². The molecule has 34 heavy (non-hydrogen) atoms. The highest BCUT2D eigenvalue weighted by molar-refractivity contribution is 7.88. The van der Waals surface area contributed by atoms with Crippen molar-refractivity contribution in [3.63, 3.8) is 0 Å². The van der Waals surface area contributed by atoms with Crippen LogP contribution in [0.15, 0.2) is 18.6 Å². The first kappa shape index (κ1) is 24.4. The lowest BCUT2D eigenvalue weighted by atomic mass is 9.87. The molecule has 0 bridgehead atoms. The van der Waals surface area contributed by atoms with Gasteiger partial charge in [-0.2, -0.15) is 23.5 Å². The minimum Gasteiger partial charge on any atom is -0.351 e. The summed E-state index contributed by atoms with van der Waals surface area (Å²) in [7, 11) is -3.27. The topological polar surface area (TPSA) is 117 Å². The second-order valence-corrected chi connectivity index (χ2v) is 10.9. The minimum atomic E-state index is -4.64. The average molecular weight is 498 g/mol. The number of alkyl halides is 3. The van der Waals surface area contributed by atoms with Gasteiger partial charge in [0.05, 0.1) is 30.3 Å². The van der Waals surface area contributed by atoms with E-state index < -0.39 is 21.8 Å². The van der Waals surface area contributed by atoms with Gasteiger partial charge in [0.1, 0.15) is 5.56 Å². The molecule has 0 atom stereocenters. The molecule has 0 amide bonds. The fourth-order valence-electron chi connectivity index (χ4n) is 4.52. The van der Waals surface area contributed by atoms with Crippen LogP contribution >= 0.6 is 0 Å². The number of piperidine rings is 1. The molecule has 2 aliphatic rings. The number of nitrogens with one attached hydrogen (secondary N) is 1. The van der Waals surface area contributed by atoms with Crippen LogP contribution in [0.25, 0.3) is 11.3 Å². The van der Waals surface area contributed by atoms with Crippen LogP contribution in [0.2, 0.25) is 0 Å². The number of nitriles is 1. The van der Waals surface area contributed by atoms with Crippen molar-refractivity contribution >= 4 is 16.0 Å². The smallest absolute Gasteiger partial charge is 0.351 e. The molecule has 0 unspecified atom stereocenters. The molecule has 1 saturated carbocycles. The first-order chi connectivity index (χ1) is 16.0. The molecule has 1 N–H and O–H groups in total. The summed E-state index contributed by atoms with van der Waals surface area (Å²) >= 11 is 0. The van der Waals surface area contributed by atoms with E-state index in [-0.39, 0.29) is 35.2 Å². The Bertz CT molecular complexity index is 1160. The first-order valence-electron chi connectivity index (χ1n) is 11.1. The van der Waals surface area contributed by atoms with Crippen LogP contribution in [0.3, 0.4) is 0 Å². The van der Waals surface area contributed by atoms with Gasteiger partial charge in [0.15, 0.2) is 0 Å². The Kier molecular flexibility index (Phi) is 6.82. The number of hydrogen-bond acceptors (Lipinski definition) is 7. The van der Waals surface area contributed by atoms with Gasteiger partial charge in [0, 0.05) is 43.0 Å². The predicted octanol–water partition coefficient (Wildman–Crippen LogP) is 3.45. The van der Waals surface area contributed by atoms with Crippen LogP contribution < -0.4 is 5.32 Å². The van der Waals surface area contributed by atoms with Crippen molar-refractivity contribution < 1.29 is 21.6 Å². The lowest BCUT2D eigenvalue weighted by molar-refractivity contribution is -0.137. The summed E-state index contributed by atoms with van der Waals surface area (Å²) < 4.78 is 67.5. The Hall–Kier alpha value is -2.72. The third-order valence-corrected chi connectivity index (χ3v) is 7.78. The van der Waals surface area contributed by atoms with Crippen LogP contribution in [0.5, 0.6) is 0 Å². The molecule has 0 radical (unpaired) electrons. The molecular weight excluding hydrogens is 471 g/mol. The van der Waals surface area contributed by atoms with Gasteiger partial charge in [-0.25, -0.2) is 22.7 Å². The molecule has 3 heterocycles. The highest BCUT2D eigenvalue weighted by atomic mass is 32.2. The number of hydrogen-bond donors (Lipinski definition) is 1. The highest BCUT2D eigenvalue weighted by Gasteiger charge is 2.36. The normalized spacial score (nSPS) is 22.9. The number of anilines is 1. The van der Waals surface area contributed by atoms with Gasteiger partial charge in [0.2, 0.25) is 16.0 Å². The largest absolute Gasteiger partial charge is 0.419 e. The summed E-state index contributed by atoms with van der Waals surface area (Å²) in [5, 5.41) is 16.4. The van der Waals surface area contributed by atoms with Crippen molar-refractivity contribution in [1.29, 1.82) is 5.26 Å². The Morgan fingerprint density at radius 1 is 1.12 bits per heavy atom. The van der Waals surface area contributed by atoms with E-state index in [0.29, 0.717) is 25.9 Å². The van der Waals surface area contributed by atoms with Crippen LogP contribution in [-0.2, 0) is 16.2 Å². The third-order valence-electron chi connectivity index (χ3n) is 6.48. The first-order valence-corrected chi connectivity index (χ1v) is 13.0. The lowest BCUT2D eigenvalue weighted by Crippen LogP contribution is -2.42. The SMILES string of the molecule is CS(=O)(=O)N1CCC(Nc2ncc(C(F)(F)F)c(-c3cnn(C4CCC(C#N)CC4)c3)n2)CC1. The number of sulfonamides is 1. The number of halogens is 3. The monoisotopic (exact) mass is 497 g/mol. The number of rotatable bonds is 5. The summed E-state index contributed by atoms with van der Waals surface area (Å²) in [4.78, 5) is 8.06. The summed E-state index contributed by atoms with van der Waals surface area (Å²) in [5.74, 6) is 0.0750. The lowest BCUT2D eigenvalue weighted by Gasteiger charge is -2.30. The zero-order chi connectivity index (χ0) is 24.5. The third kappa shape index (κ3) is 5.50. The van der Waals surface area contributed by atoms with Gasteiger partial charge in [-0.1, -0.05) is 0 Å². The molecule has 2 aromatic rings. The molecule has 184 valence electrons. The molecule has 2 fully saturated rings. The van der Waals surface area contributed by atoms with Gasteiger partial charge in [0.25, 0.3) is 0 Å². The van der Waals surface area contributed by atoms with Crippen molar-refractivity contribution in [3.05, 3.63) is 24.2 Å². The molecule has 1 aliphatic heterocycles. The molecule has 9 nitrogen and oxygen atoms in total. The molecular formula is C21H26F3N7O2S. The zero-order valence-corrected chi connectivity index (χ0v) is 19.5. The van der Waals surface area contributed by atoms with E-state index in [0.717, 1.165) is 38.1 Å². The van der Waals surface area contributed by atoms with Crippen LogP contribution in [-0.4, -0.2) is 57.9 Å². The second kappa shape index (κ2) is 9.50. The van der Waals surface area contributed by atoms with Crippen LogP contribution in [0, 0.1) is 17.2 Å². The van der Waals surface area contributed by atoms with E-state index >= 15 is 0 Å². The summed E-state index contributed by atoms with van der Waals surface area (Å²) in [6, 6.07) is 2.15. The highest BCUT2D eigenvalue weighted by Crippen LogP contribution is 2.37. The molecule has 2 aromatic heterocycles. The molecule has 0 spiro atoms. The van der Waals surface area contributed by atoms with E-state index in [1.165, 1.54) is 10.5 Å². The summed E-state index contributed by atoms with van der Waals surface area (Å²) in [6.07, 6.45) is 4.20. The molecule has 0 aromatic carbocycles. The van der Waals surface area contributed by atoms with Gasteiger partial charge >= 0.3 is 6.18 Å². The van der Waals surface area contributed by atoms with E-state index in [4.69, 9.17) is 5.26 Å². The predicted molar refractivity (Wildman–Crippen MR) is 118 cm³/mol. The maximum atomic E-state index is 13.7. The molecule has 13 heteroatoms.